The number of nitrogens with zero attached hydrogens (tertiary/aromatic N) is 3. The zero-order valence-corrected chi connectivity index (χ0v) is 14.2. The van der Waals surface area contributed by atoms with Gasteiger partial charge in [0, 0.05) is 5.02 Å². The molecule has 0 aliphatic heterocycles. The third-order valence-corrected chi connectivity index (χ3v) is 4.64. The molecule has 5 nitrogen and oxygen atoms in total. The Kier molecular flexibility index (Phi) is 4.60. The highest BCUT2D eigenvalue weighted by Crippen LogP contribution is 2.42. The number of aliphatic hydroxyl groups is 2. The summed E-state index contributed by atoms with van der Waals surface area (Å²) < 4.78 is 14.7. The first-order chi connectivity index (χ1) is 11.8. The summed E-state index contributed by atoms with van der Waals surface area (Å²) in [6.45, 7) is 1.42. The Morgan fingerprint density at radius 1 is 1.04 bits per heavy atom. The van der Waals surface area contributed by atoms with Crippen molar-refractivity contribution in [2.24, 2.45) is 0 Å². The summed E-state index contributed by atoms with van der Waals surface area (Å²) in [5.41, 5.74) is -2.68. The van der Waals surface area contributed by atoms with Gasteiger partial charge in [0.05, 0.1) is 6.54 Å². The van der Waals surface area contributed by atoms with Gasteiger partial charge in [-0.2, -0.15) is 5.10 Å². The first kappa shape index (κ1) is 17.5. The van der Waals surface area contributed by atoms with Crippen molar-refractivity contribution in [1.29, 1.82) is 0 Å². The van der Waals surface area contributed by atoms with E-state index in [1.165, 1.54) is 48.5 Å². The van der Waals surface area contributed by atoms with E-state index in [9.17, 15) is 14.6 Å². The van der Waals surface area contributed by atoms with Gasteiger partial charge < -0.3 is 10.2 Å². The van der Waals surface area contributed by atoms with Crippen molar-refractivity contribution in [2.75, 3.05) is 0 Å². The number of benzene rings is 2. The van der Waals surface area contributed by atoms with Crippen molar-refractivity contribution in [2.45, 2.75) is 24.7 Å². The molecule has 0 aliphatic rings. The summed E-state index contributed by atoms with van der Waals surface area (Å²) in [5.74, 6) is -0.425. The maximum atomic E-state index is 13.3. The van der Waals surface area contributed by atoms with Crippen molar-refractivity contribution < 1.29 is 14.6 Å². The van der Waals surface area contributed by atoms with Crippen LogP contribution in [0.25, 0.3) is 0 Å². The third-order valence-electron chi connectivity index (χ3n) is 4.39. The molecule has 0 saturated carbocycles. The normalized spacial score (nSPS) is 16.2. The molecule has 2 atom stereocenters. The van der Waals surface area contributed by atoms with Crippen LogP contribution in [0.2, 0.25) is 5.02 Å². The maximum Gasteiger partial charge on any atom is 0.142 e. The van der Waals surface area contributed by atoms with Gasteiger partial charge in [-0.05, 0) is 42.3 Å². The lowest BCUT2D eigenvalue weighted by Gasteiger charge is -2.42. The molecule has 0 aliphatic carbocycles. The van der Waals surface area contributed by atoms with E-state index in [0.29, 0.717) is 16.1 Å². The third kappa shape index (κ3) is 3.28. The average Bonchev–Trinajstić information content (AvgIpc) is 3.08. The van der Waals surface area contributed by atoms with Crippen LogP contribution in [0.15, 0.2) is 61.2 Å². The molecule has 3 rings (SSSR count). The van der Waals surface area contributed by atoms with Crippen LogP contribution in [0.5, 0.6) is 0 Å². The van der Waals surface area contributed by atoms with Crippen molar-refractivity contribution in [3.63, 3.8) is 0 Å². The van der Waals surface area contributed by atoms with Crippen molar-refractivity contribution >= 4 is 11.6 Å². The number of hydrogen-bond donors (Lipinski definition) is 2. The molecule has 0 bridgehead atoms. The summed E-state index contributed by atoms with van der Waals surface area (Å²) in [4.78, 5) is 3.87. The molecule has 1 heterocycles. The van der Waals surface area contributed by atoms with Crippen LogP contribution in [0.1, 0.15) is 18.1 Å². The molecule has 1 aromatic heterocycles. The second-order valence-electron chi connectivity index (χ2n) is 6.04. The molecule has 130 valence electrons. The van der Waals surface area contributed by atoms with Crippen LogP contribution in [-0.2, 0) is 17.7 Å². The van der Waals surface area contributed by atoms with Crippen molar-refractivity contribution in [3.05, 3.63) is 83.2 Å². The fourth-order valence-corrected chi connectivity index (χ4v) is 2.94. The molecule has 3 aromatic rings. The molecule has 0 fully saturated rings. The standard InChI is InChI=1S/C18H17ClFN3O2/c1-17(24,13-4-8-16(20)9-5-13)18(25,10-23-12-21-11-22-23)14-2-6-15(19)7-3-14/h2-9,11-12,24-25H,10H2,1H3. The van der Waals surface area contributed by atoms with Crippen LogP contribution in [0.3, 0.4) is 0 Å². The minimum Gasteiger partial charge on any atom is -0.382 e. The number of halogens is 2. The van der Waals surface area contributed by atoms with Gasteiger partial charge >= 0.3 is 0 Å². The molecule has 0 radical (unpaired) electrons. The molecule has 25 heavy (non-hydrogen) atoms. The van der Waals surface area contributed by atoms with Crippen LogP contribution < -0.4 is 0 Å². The zero-order chi connectivity index (χ0) is 18.1. The molecular formula is C18H17ClFN3O2. The highest BCUT2D eigenvalue weighted by molar-refractivity contribution is 6.30. The molecule has 0 amide bonds. The Balaban J connectivity index is 2.12. The zero-order valence-electron chi connectivity index (χ0n) is 13.5. The van der Waals surface area contributed by atoms with E-state index in [2.05, 4.69) is 10.1 Å². The van der Waals surface area contributed by atoms with Gasteiger partial charge in [-0.15, -0.1) is 0 Å². The van der Waals surface area contributed by atoms with Crippen LogP contribution in [0.4, 0.5) is 4.39 Å². The summed E-state index contributed by atoms with van der Waals surface area (Å²) >= 11 is 5.94. The highest BCUT2D eigenvalue weighted by Gasteiger charge is 2.49. The summed E-state index contributed by atoms with van der Waals surface area (Å²) in [7, 11) is 0. The Morgan fingerprint density at radius 3 is 2.20 bits per heavy atom. The SMILES string of the molecule is CC(O)(c1ccc(F)cc1)C(O)(Cn1cncn1)c1ccc(Cl)cc1. The number of aromatic nitrogens is 3. The maximum absolute atomic E-state index is 13.3. The fraction of sp³-hybridized carbons (Fsp3) is 0.222. The van der Waals surface area contributed by atoms with Crippen molar-refractivity contribution in [1.82, 2.24) is 14.8 Å². The lowest BCUT2D eigenvalue weighted by Crippen LogP contribution is -2.50. The van der Waals surface area contributed by atoms with E-state index < -0.39 is 17.0 Å². The highest BCUT2D eigenvalue weighted by atomic mass is 35.5. The van der Waals surface area contributed by atoms with E-state index in [0.717, 1.165) is 0 Å². The molecule has 2 unspecified atom stereocenters. The second-order valence-corrected chi connectivity index (χ2v) is 6.48. The van der Waals surface area contributed by atoms with E-state index >= 15 is 0 Å². The average molecular weight is 362 g/mol. The lowest BCUT2D eigenvalue weighted by atomic mass is 9.74. The van der Waals surface area contributed by atoms with Crippen LogP contribution in [-0.4, -0.2) is 25.0 Å². The van der Waals surface area contributed by atoms with Gasteiger partial charge in [0.2, 0.25) is 0 Å². The first-order valence-corrected chi connectivity index (χ1v) is 8.00. The van der Waals surface area contributed by atoms with Crippen LogP contribution in [0, 0.1) is 5.82 Å². The van der Waals surface area contributed by atoms with E-state index in [1.54, 1.807) is 24.3 Å². The number of rotatable bonds is 5. The predicted molar refractivity (Wildman–Crippen MR) is 91.3 cm³/mol. The Labute approximate surface area is 149 Å². The summed E-state index contributed by atoms with van der Waals surface area (Å²) in [6, 6.07) is 11.9. The Hall–Kier alpha value is -2.28. The molecule has 0 saturated heterocycles. The Bertz CT molecular complexity index is 836. The fourth-order valence-electron chi connectivity index (χ4n) is 2.81. The quantitative estimate of drug-likeness (QED) is 0.733. The minimum atomic E-state index is -1.76. The predicted octanol–water partition coefficient (Wildman–Crippen LogP) is 2.87. The van der Waals surface area contributed by atoms with Gasteiger partial charge in [-0.3, -0.25) is 0 Å². The summed E-state index contributed by atoms with van der Waals surface area (Å²) in [5, 5.41) is 27.3. The van der Waals surface area contributed by atoms with E-state index in [4.69, 9.17) is 11.6 Å². The van der Waals surface area contributed by atoms with Crippen LogP contribution >= 0.6 is 11.6 Å². The Morgan fingerprint density at radius 2 is 1.64 bits per heavy atom. The van der Waals surface area contributed by atoms with Gasteiger partial charge in [-0.25, -0.2) is 14.1 Å². The van der Waals surface area contributed by atoms with E-state index in [-0.39, 0.29) is 6.54 Å². The largest absolute Gasteiger partial charge is 0.382 e. The molecule has 0 spiro atoms. The van der Waals surface area contributed by atoms with Gasteiger partial charge in [0.1, 0.15) is 29.7 Å². The molecule has 7 heteroatoms. The minimum absolute atomic E-state index is 0.0565. The lowest BCUT2D eigenvalue weighted by molar-refractivity contribution is -0.164. The van der Waals surface area contributed by atoms with Gasteiger partial charge in [-0.1, -0.05) is 35.9 Å². The topological polar surface area (TPSA) is 71.2 Å². The van der Waals surface area contributed by atoms with Gasteiger partial charge in [0.15, 0.2) is 0 Å². The van der Waals surface area contributed by atoms with Gasteiger partial charge in [0.25, 0.3) is 0 Å². The van der Waals surface area contributed by atoms with Crippen molar-refractivity contribution in [3.8, 4) is 0 Å². The van der Waals surface area contributed by atoms with E-state index in [1.807, 2.05) is 0 Å². The summed E-state index contributed by atoms with van der Waals surface area (Å²) in [6.07, 6.45) is 2.79. The smallest absolute Gasteiger partial charge is 0.142 e. The second kappa shape index (κ2) is 6.55. The monoisotopic (exact) mass is 361 g/mol. The molecule has 2 N–H and O–H groups in total. The first-order valence-electron chi connectivity index (χ1n) is 7.62. The molecule has 2 aromatic carbocycles. The molecular weight excluding hydrogens is 345 g/mol. The number of hydrogen-bond acceptors (Lipinski definition) is 4.